The van der Waals surface area contributed by atoms with Crippen LogP contribution in [-0.4, -0.2) is 49.7 Å². The summed E-state index contributed by atoms with van der Waals surface area (Å²) in [5.41, 5.74) is 2.76. The van der Waals surface area contributed by atoms with E-state index in [0.717, 1.165) is 64.8 Å². The second kappa shape index (κ2) is 9.07. The molecule has 1 aliphatic carbocycles. The van der Waals surface area contributed by atoms with Crippen LogP contribution in [0.3, 0.4) is 0 Å². The zero-order chi connectivity index (χ0) is 20.3. The number of carbonyl (C=O) groups excluding carboxylic acids is 1. The molecule has 2 saturated heterocycles. The highest BCUT2D eigenvalue weighted by atomic mass is 16.6. The van der Waals surface area contributed by atoms with Gasteiger partial charge in [-0.1, -0.05) is 51.3 Å². The molecule has 3 fully saturated rings. The lowest BCUT2D eigenvalue weighted by atomic mass is 9.72. The Morgan fingerprint density at radius 2 is 1.79 bits per heavy atom. The maximum absolute atomic E-state index is 12.4. The van der Waals surface area contributed by atoms with Gasteiger partial charge < -0.3 is 9.64 Å². The number of para-hydroxylation sites is 1. The van der Waals surface area contributed by atoms with Gasteiger partial charge in [-0.2, -0.15) is 0 Å². The summed E-state index contributed by atoms with van der Waals surface area (Å²) >= 11 is 0. The molecule has 160 valence electrons. The van der Waals surface area contributed by atoms with Gasteiger partial charge in [0.15, 0.2) is 0 Å². The van der Waals surface area contributed by atoms with Crippen molar-refractivity contribution in [2.75, 3.05) is 37.6 Å². The lowest BCUT2D eigenvalue weighted by Crippen LogP contribution is -2.47. The first kappa shape index (κ1) is 20.7. The van der Waals surface area contributed by atoms with Crippen molar-refractivity contribution < 1.29 is 9.53 Å². The van der Waals surface area contributed by atoms with Crippen LogP contribution in [-0.2, 0) is 9.53 Å². The Balaban J connectivity index is 1.21. The van der Waals surface area contributed by atoms with Gasteiger partial charge >= 0.3 is 5.97 Å². The number of carbonyl (C=O) groups is 1. The predicted molar refractivity (Wildman–Crippen MR) is 118 cm³/mol. The van der Waals surface area contributed by atoms with Crippen molar-refractivity contribution in [1.82, 2.24) is 4.90 Å². The number of hydrogen-bond donors (Lipinski definition) is 0. The number of benzene rings is 1. The van der Waals surface area contributed by atoms with Crippen LogP contribution in [0.1, 0.15) is 76.7 Å². The molecule has 4 nitrogen and oxygen atoms in total. The van der Waals surface area contributed by atoms with Crippen LogP contribution in [0.5, 0.6) is 0 Å². The first-order valence-corrected chi connectivity index (χ1v) is 11.8. The molecular weight excluding hydrogens is 360 g/mol. The second-order valence-electron chi connectivity index (χ2n) is 9.76. The first-order valence-electron chi connectivity index (χ1n) is 11.8. The lowest BCUT2D eigenvalue weighted by Gasteiger charge is -2.37. The molecule has 0 aromatic heterocycles. The number of piperazine rings is 1. The topological polar surface area (TPSA) is 32.8 Å². The summed E-state index contributed by atoms with van der Waals surface area (Å²) < 4.78 is 5.79. The van der Waals surface area contributed by atoms with Crippen LogP contribution in [0.25, 0.3) is 0 Å². The third-order valence-corrected chi connectivity index (χ3v) is 7.41. The highest BCUT2D eigenvalue weighted by molar-refractivity contribution is 5.79. The normalized spacial score (nSPS) is 25.0. The molecule has 0 amide bonds. The van der Waals surface area contributed by atoms with Crippen LogP contribution in [0.15, 0.2) is 24.3 Å². The zero-order valence-electron chi connectivity index (χ0n) is 18.4. The monoisotopic (exact) mass is 398 g/mol. The summed E-state index contributed by atoms with van der Waals surface area (Å²) in [6, 6.07) is 8.87. The molecule has 1 saturated carbocycles. The van der Waals surface area contributed by atoms with Crippen molar-refractivity contribution in [2.45, 2.75) is 77.2 Å². The number of anilines is 1. The van der Waals surface area contributed by atoms with E-state index >= 15 is 0 Å². The Hall–Kier alpha value is -1.55. The molecule has 0 N–H and O–H groups in total. The van der Waals surface area contributed by atoms with Crippen LogP contribution in [0.4, 0.5) is 5.69 Å². The molecule has 29 heavy (non-hydrogen) atoms. The van der Waals surface area contributed by atoms with Crippen molar-refractivity contribution in [1.29, 1.82) is 0 Å². The Kier molecular flexibility index (Phi) is 6.48. The molecule has 4 heteroatoms. The molecule has 0 bridgehead atoms. The fraction of sp³-hybridized carbons (Fsp3) is 0.720. The van der Waals surface area contributed by atoms with Gasteiger partial charge in [0.05, 0.1) is 5.41 Å². The van der Waals surface area contributed by atoms with E-state index in [4.69, 9.17) is 4.74 Å². The van der Waals surface area contributed by atoms with Crippen molar-refractivity contribution in [3.63, 3.8) is 0 Å². The predicted octanol–water partition coefficient (Wildman–Crippen LogP) is 4.98. The van der Waals surface area contributed by atoms with Crippen molar-refractivity contribution in [3.8, 4) is 0 Å². The Labute approximate surface area is 176 Å². The zero-order valence-corrected chi connectivity index (χ0v) is 18.4. The molecule has 2 heterocycles. The number of nitrogens with zero attached hydrogens (tertiary/aromatic N) is 2. The van der Waals surface area contributed by atoms with E-state index in [0.29, 0.717) is 5.92 Å². The van der Waals surface area contributed by atoms with E-state index in [-0.39, 0.29) is 17.5 Å². The van der Waals surface area contributed by atoms with E-state index in [1.807, 2.05) is 0 Å². The maximum Gasteiger partial charge on any atom is 0.312 e. The minimum Gasteiger partial charge on any atom is -0.462 e. The average Bonchev–Trinajstić information content (AvgIpc) is 3.03. The summed E-state index contributed by atoms with van der Waals surface area (Å²) in [6.07, 6.45) is 9.11. The van der Waals surface area contributed by atoms with E-state index in [2.05, 4.69) is 47.9 Å². The Bertz CT molecular complexity index is 688. The summed E-state index contributed by atoms with van der Waals surface area (Å²) in [5.74, 6) is 0.672. The van der Waals surface area contributed by atoms with Gasteiger partial charge in [-0.3, -0.25) is 9.69 Å². The number of cyclic esters (lactones) is 1. The third-order valence-electron chi connectivity index (χ3n) is 7.41. The smallest absolute Gasteiger partial charge is 0.312 e. The number of esters is 1. The van der Waals surface area contributed by atoms with Crippen LogP contribution < -0.4 is 4.90 Å². The van der Waals surface area contributed by atoms with Crippen molar-refractivity contribution in [2.24, 2.45) is 5.41 Å². The number of rotatable bonds is 6. The summed E-state index contributed by atoms with van der Waals surface area (Å²) in [5, 5.41) is 0. The van der Waals surface area contributed by atoms with Gasteiger partial charge in [0, 0.05) is 38.3 Å². The lowest BCUT2D eigenvalue weighted by molar-refractivity contribution is -0.150. The Morgan fingerprint density at radius 3 is 2.52 bits per heavy atom. The van der Waals surface area contributed by atoms with E-state index in [1.54, 1.807) is 0 Å². The summed E-state index contributed by atoms with van der Waals surface area (Å²) in [4.78, 5) is 17.6. The van der Waals surface area contributed by atoms with Gasteiger partial charge in [0.2, 0.25) is 0 Å². The van der Waals surface area contributed by atoms with E-state index in [1.165, 1.54) is 30.5 Å². The fourth-order valence-electron chi connectivity index (χ4n) is 5.65. The standard InChI is InChI=1S/C25H38N2O2/c1-20(2)22-10-4-5-11-23(22)27-17-15-26(16-18-27)14-8-9-21-19-25(24(28)29-21)12-6-3-7-13-25/h4-5,10-11,20-21H,3,6-9,12-19H2,1-2H3. The molecule has 3 aliphatic rings. The SMILES string of the molecule is CC(C)c1ccccc1N1CCN(CCCC2CC3(CCCCC3)C(=O)O2)CC1. The number of ether oxygens (including phenoxy) is 1. The fourth-order valence-corrected chi connectivity index (χ4v) is 5.65. The first-order chi connectivity index (χ1) is 14.1. The average molecular weight is 399 g/mol. The van der Waals surface area contributed by atoms with Gasteiger partial charge in [-0.05, 0) is 49.8 Å². The van der Waals surface area contributed by atoms with Gasteiger partial charge in [-0.25, -0.2) is 0 Å². The largest absolute Gasteiger partial charge is 0.462 e. The second-order valence-corrected chi connectivity index (χ2v) is 9.76. The molecule has 1 aromatic rings. The highest BCUT2D eigenvalue weighted by Crippen LogP contribution is 2.46. The Morgan fingerprint density at radius 1 is 1.07 bits per heavy atom. The van der Waals surface area contributed by atoms with E-state index in [9.17, 15) is 4.79 Å². The summed E-state index contributed by atoms with van der Waals surface area (Å²) in [7, 11) is 0. The minimum absolute atomic E-state index is 0.111. The third kappa shape index (κ3) is 4.63. The quantitative estimate of drug-likeness (QED) is 0.633. The molecule has 2 aliphatic heterocycles. The molecular formula is C25H38N2O2. The maximum atomic E-state index is 12.4. The van der Waals surface area contributed by atoms with E-state index < -0.39 is 0 Å². The van der Waals surface area contributed by atoms with Gasteiger partial charge in [0.1, 0.15) is 6.10 Å². The molecule has 0 radical (unpaired) electrons. The highest BCUT2D eigenvalue weighted by Gasteiger charge is 2.48. The minimum atomic E-state index is -0.113. The summed E-state index contributed by atoms with van der Waals surface area (Å²) in [6.45, 7) is 10.1. The van der Waals surface area contributed by atoms with Crippen LogP contribution >= 0.6 is 0 Å². The van der Waals surface area contributed by atoms with Gasteiger partial charge in [-0.15, -0.1) is 0 Å². The van der Waals surface area contributed by atoms with Crippen molar-refractivity contribution >= 4 is 11.7 Å². The molecule has 4 rings (SSSR count). The van der Waals surface area contributed by atoms with Crippen molar-refractivity contribution in [3.05, 3.63) is 29.8 Å². The molecule has 1 spiro atoms. The van der Waals surface area contributed by atoms with Gasteiger partial charge in [0.25, 0.3) is 0 Å². The number of hydrogen-bond acceptors (Lipinski definition) is 4. The van der Waals surface area contributed by atoms with Crippen LogP contribution in [0.2, 0.25) is 0 Å². The molecule has 1 aromatic carbocycles. The van der Waals surface area contributed by atoms with Crippen LogP contribution in [0, 0.1) is 5.41 Å². The molecule has 1 unspecified atom stereocenters. The molecule has 1 atom stereocenters.